The van der Waals surface area contributed by atoms with Gasteiger partial charge in [-0.1, -0.05) is 72.8 Å². The summed E-state index contributed by atoms with van der Waals surface area (Å²) in [6.45, 7) is 3.38. The molecule has 33 heavy (non-hydrogen) atoms. The third-order valence-corrected chi connectivity index (χ3v) is 7.41. The van der Waals surface area contributed by atoms with Crippen molar-refractivity contribution < 1.29 is 13.2 Å². The van der Waals surface area contributed by atoms with Crippen LogP contribution in [0.5, 0.6) is 0 Å². The van der Waals surface area contributed by atoms with E-state index in [1.807, 2.05) is 66.7 Å². The Kier molecular flexibility index (Phi) is 5.95. The second-order valence-corrected chi connectivity index (χ2v) is 10.4. The molecule has 1 amide bonds. The molecule has 0 radical (unpaired) electrons. The van der Waals surface area contributed by atoms with Crippen molar-refractivity contribution in [1.82, 2.24) is 4.90 Å². The summed E-state index contributed by atoms with van der Waals surface area (Å²) < 4.78 is 27.1. The Labute approximate surface area is 194 Å². The van der Waals surface area contributed by atoms with Crippen LogP contribution in [0.4, 0.5) is 5.69 Å². The maximum atomic E-state index is 13.9. The number of hydrogen-bond donors (Lipinski definition) is 2. The van der Waals surface area contributed by atoms with E-state index >= 15 is 0 Å². The van der Waals surface area contributed by atoms with Crippen LogP contribution >= 0.6 is 0 Å². The lowest BCUT2D eigenvalue weighted by Gasteiger charge is -2.27. The zero-order valence-corrected chi connectivity index (χ0v) is 19.3. The van der Waals surface area contributed by atoms with Crippen LogP contribution in [0.25, 0.3) is 0 Å². The average molecular weight is 463 g/mol. The van der Waals surface area contributed by atoms with E-state index in [0.29, 0.717) is 5.69 Å². The molecule has 1 heterocycles. The summed E-state index contributed by atoms with van der Waals surface area (Å²) in [5.41, 5.74) is 7.63. The number of benzene rings is 3. The van der Waals surface area contributed by atoms with Crippen LogP contribution in [0, 0.1) is 0 Å². The summed E-state index contributed by atoms with van der Waals surface area (Å²) >= 11 is 0. The summed E-state index contributed by atoms with van der Waals surface area (Å²) in [4.78, 5) is 20.0. The molecule has 0 saturated heterocycles. The standard InChI is InChI=1S/C25H26N4O3S/c1-18(2)33(31,32)28-22-15-9-10-19(16-22)17-29-23(30)25(27-24(29)26,20-11-5-3-6-12-20)21-13-7-4-8-14-21/h3-16,18,28H,17H2,1-2H3,(H2,26,27). The third-order valence-electron chi connectivity index (χ3n) is 5.64. The normalized spacial score (nSPS) is 15.5. The van der Waals surface area contributed by atoms with Gasteiger partial charge in [-0.05, 0) is 42.7 Å². The smallest absolute Gasteiger partial charge is 0.266 e. The fourth-order valence-electron chi connectivity index (χ4n) is 3.83. The van der Waals surface area contributed by atoms with Crippen molar-refractivity contribution in [2.24, 2.45) is 10.7 Å². The van der Waals surface area contributed by atoms with Crippen molar-refractivity contribution in [3.8, 4) is 0 Å². The molecule has 0 aromatic heterocycles. The molecule has 170 valence electrons. The van der Waals surface area contributed by atoms with E-state index in [1.165, 1.54) is 4.90 Å². The molecule has 1 aliphatic rings. The van der Waals surface area contributed by atoms with Gasteiger partial charge in [-0.3, -0.25) is 14.4 Å². The molecule has 3 N–H and O–H groups in total. The van der Waals surface area contributed by atoms with Gasteiger partial charge in [0.05, 0.1) is 11.8 Å². The first-order chi connectivity index (χ1) is 15.7. The lowest BCUT2D eigenvalue weighted by molar-refractivity contribution is -0.130. The molecule has 0 unspecified atom stereocenters. The van der Waals surface area contributed by atoms with E-state index in [0.717, 1.165) is 16.7 Å². The number of anilines is 1. The van der Waals surface area contributed by atoms with Gasteiger partial charge in [-0.25, -0.2) is 13.4 Å². The van der Waals surface area contributed by atoms with Crippen LogP contribution in [-0.2, 0) is 26.9 Å². The van der Waals surface area contributed by atoms with Gasteiger partial charge in [-0.2, -0.15) is 0 Å². The Morgan fingerprint density at radius 2 is 1.52 bits per heavy atom. The second kappa shape index (κ2) is 8.71. The summed E-state index contributed by atoms with van der Waals surface area (Å²) in [5, 5.41) is -0.568. The Morgan fingerprint density at radius 1 is 0.939 bits per heavy atom. The first kappa shape index (κ1) is 22.5. The molecule has 0 spiro atoms. The summed E-state index contributed by atoms with van der Waals surface area (Å²) in [5.74, 6) is -0.147. The van der Waals surface area contributed by atoms with Crippen molar-refractivity contribution in [2.45, 2.75) is 31.2 Å². The minimum absolute atomic E-state index is 0.112. The maximum Gasteiger partial charge on any atom is 0.266 e. The topological polar surface area (TPSA) is 105 Å². The number of guanidine groups is 1. The van der Waals surface area contributed by atoms with Gasteiger partial charge in [0, 0.05) is 5.69 Å². The molecule has 0 fully saturated rings. The van der Waals surface area contributed by atoms with Crippen molar-refractivity contribution >= 4 is 27.6 Å². The Bertz CT molecular complexity index is 1250. The zero-order valence-electron chi connectivity index (χ0n) is 18.5. The van der Waals surface area contributed by atoms with Gasteiger partial charge in [0.1, 0.15) is 0 Å². The van der Waals surface area contributed by atoms with Gasteiger partial charge in [0.15, 0.2) is 11.5 Å². The molecule has 0 aliphatic carbocycles. The zero-order chi connectivity index (χ0) is 23.6. The molecule has 1 aliphatic heterocycles. The predicted molar refractivity (Wildman–Crippen MR) is 130 cm³/mol. The second-order valence-electron chi connectivity index (χ2n) is 8.20. The number of sulfonamides is 1. The molecule has 3 aromatic rings. The third kappa shape index (κ3) is 4.21. The highest BCUT2D eigenvalue weighted by molar-refractivity contribution is 7.93. The first-order valence-electron chi connectivity index (χ1n) is 10.6. The lowest BCUT2D eigenvalue weighted by Crippen LogP contribution is -2.43. The minimum Gasteiger partial charge on any atom is -0.369 e. The Balaban J connectivity index is 1.69. The van der Waals surface area contributed by atoms with Crippen molar-refractivity contribution in [3.05, 3.63) is 102 Å². The highest BCUT2D eigenvalue weighted by Crippen LogP contribution is 2.40. The van der Waals surface area contributed by atoms with Crippen molar-refractivity contribution in [3.63, 3.8) is 0 Å². The number of hydrogen-bond acceptors (Lipinski definition) is 5. The number of carbonyl (C=O) groups excluding carboxylic acids is 1. The van der Waals surface area contributed by atoms with E-state index < -0.39 is 20.8 Å². The summed E-state index contributed by atoms with van der Waals surface area (Å²) in [6.07, 6.45) is 0. The van der Waals surface area contributed by atoms with Crippen LogP contribution in [0.2, 0.25) is 0 Å². The summed E-state index contributed by atoms with van der Waals surface area (Å²) in [7, 11) is -3.49. The summed E-state index contributed by atoms with van der Waals surface area (Å²) in [6, 6.07) is 25.6. The molecule has 0 saturated carbocycles. The SMILES string of the molecule is CC(C)S(=O)(=O)Nc1cccc(CN2C(=O)C(c3ccccc3)(c3ccccc3)N=C2N)c1. The number of nitrogens with two attached hydrogens (primary N) is 1. The van der Waals surface area contributed by atoms with E-state index in [1.54, 1.807) is 32.0 Å². The number of rotatable bonds is 7. The lowest BCUT2D eigenvalue weighted by atomic mass is 9.83. The maximum absolute atomic E-state index is 13.9. The van der Waals surface area contributed by atoms with Crippen LogP contribution in [0.1, 0.15) is 30.5 Å². The van der Waals surface area contributed by atoms with Crippen LogP contribution in [0.3, 0.4) is 0 Å². The Hall–Kier alpha value is -3.65. The van der Waals surface area contributed by atoms with E-state index in [2.05, 4.69) is 9.71 Å². The van der Waals surface area contributed by atoms with Gasteiger partial charge >= 0.3 is 0 Å². The van der Waals surface area contributed by atoms with Crippen molar-refractivity contribution in [1.29, 1.82) is 0 Å². The first-order valence-corrected chi connectivity index (χ1v) is 12.2. The van der Waals surface area contributed by atoms with Gasteiger partial charge in [0.2, 0.25) is 10.0 Å². The quantitative estimate of drug-likeness (QED) is 0.561. The molecular weight excluding hydrogens is 436 g/mol. The van der Waals surface area contributed by atoms with E-state index in [-0.39, 0.29) is 18.4 Å². The monoisotopic (exact) mass is 462 g/mol. The fourth-order valence-corrected chi connectivity index (χ4v) is 4.52. The molecule has 0 atom stereocenters. The minimum atomic E-state index is -3.49. The Morgan fingerprint density at radius 3 is 2.06 bits per heavy atom. The molecule has 4 rings (SSSR count). The largest absolute Gasteiger partial charge is 0.369 e. The highest BCUT2D eigenvalue weighted by Gasteiger charge is 2.50. The number of carbonyl (C=O) groups is 1. The highest BCUT2D eigenvalue weighted by atomic mass is 32.2. The predicted octanol–water partition coefficient (Wildman–Crippen LogP) is 3.44. The van der Waals surface area contributed by atoms with Crippen LogP contribution < -0.4 is 10.5 Å². The van der Waals surface area contributed by atoms with Crippen molar-refractivity contribution in [2.75, 3.05) is 4.72 Å². The van der Waals surface area contributed by atoms with Crippen LogP contribution in [0.15, 0.2) is 89.9 Å². The van der Waals surface area contributed by atoms with Gasteiger partial charge in [0.25, 0.3) is 5.91 Å². The fraction of sp³-hybridized carbons (Fsp3) is 0.200. The molecule has 8 heteroatoms. The molecular formula is C25H26N4O3S. The van der Waals surface area contributed by atoms with Crippen LogP contribution in [-0.4, -0.2) is 30.4 Å². The van der Waals surface area contributed by atoms with E-state index in [4.69, 9.17) is 5.73 Å². The number of amides is 1. The molecule has 7 nitrogen and oxygen atoms in total. The average Bonchev–Trinajstić information content (AvgIpc) is 3.06. The number of nitrogens with one attached hydrogen (secondary N) is 1. The number of nitrogens with zero attached hydrogens (tertiary/aromatic N) is 2. The van der Waals surface area contributed by atoms with Gasteiger partial charge in [-0.15, -0.1) is 0 Å². The number of aliphatic imine (C=N–C) groups is 1. The van der Waals surface area contributed by atoms with E-state index in [9.17, 15) is 13.2 Å². The molecule has 3 aromatic carbocycles. The molecule has 0 bridgehead atoms. The van der Waals surface area contributed by atoms with Gasteiger partial charge < -0.3 is 5.73 Å².